The largest absolute Gasteiger partial charge is 0.416 e. The molecule has 0 aliphatic carbocycles. The van der Waals surface area contributed by atoms with Gasteiger partial charge in [0.2, 0.25) is 5.91 Å². The molecule has 0 saturated carbocycles. The fourth-order valence-corrected chi connectivity index (χ4v) is 3.33. The first-order valence-corrected chi connectivity index (χ1v) is 10.7. The molecule has 36 heavy (non-hydrogen) atoms. The summed E-state index contributed by atoms with van der Waals surface area (Å²) in [6.07, 6.45) is -8.46. The van der Waals surface area contributed by atoms with Gasteiger partial charge in [-0.15, -0.1) is 0 Å². The second-order valence-electron chi connectivity index (χ2n) is 7.93. The molecule has 0 atom stereocenters. The van der Waals surface area contributed by atoms with Crippen molar-refractivity contribution in [3.05, 3.63) is 58.9 Å². The van der Waals surface area contributed by atoms with Crippen molar-refractivity contribution in [2.45, 2.75) is 18.9 Å². The summed E-state index contributed by atoms with van der Waals surface area (Å²) in [4.78, 5) is 28.5. The SMILES string of the molecule is COCCN(Cc1cccn1C)C(=O)CN(CCOC)C(=O)c1cc(C(F)(F)F)cc(C(F)(F)F)c1. The van der Waals surface area contributed by atoms with Crippen LogP contribution in [0.4, 0.5) is 26.3 Å². The zero-order valence-electron chi connectivity index (χ0n) is 19.9. The fraction of sp³-hybridized carbons (Fsp3) is 0.478. The third-order valence-corrected chi connectivity index (χ3v) is 5.34. The first kappa shape index (κ1) is 29.2. The minimum atomic E-state index is -5.12. The van der Waals surface area contributed by atoms with E-state index >= 15 is 0 Å². The molecule has 0 spiro atoms. The molecule has 2 amide bonds. The van der Waals surface area contributed by atoms with E-state index in [1.807, 2.05) is 0 Å². The third-order valence-electron chi connectivity index (χ3n) is 5.34. The molecule has 0 radical (unpaired) electrons. The van der Waals surface area contributed by atoms with Crippen LogP contribution >= 0.6 is 0 Å². The van der Waals surface area contributed by atoms with Gasteiger partial charge < -0.3 is 23.8 Å². The number of nitrogens with zero attached hydrogens (tertiary/aromatic N) is 3. The van der Waals surface area contributed by atoms with Gasteiger partial charge in [0.05, 0.1) is 30.9 Å². The average Bonchev–Trinajstić information content (AvgIpc) is 3.21. The second-order valence-corrected chi connectivity index (χ2v) is 7.93. The topological polar surface area (TPSA) is 64.0 Å². The predicted molar refractivity (Wildman–Crippen MR) is 117 cm³/mol. The quantitative estimate of drug-likeness (QED) is 0.420. The predicted octanol–water partition coefficient (Wildman–Crippen LogP) is 3.83. The van der Waals surface area contributed by atoms with Crippen LogP contribution in [-0.4, -0.2) is 73.2 Å². The Morgan fingerprint density at radius 3 is 1.86 bits per heavy atom. The van der Waals surface area contributed by atoms with E-state index in [4.69, 9.17) is 9.47 Å². The van der Waals surface area contributed by atoms with Crippen molar-refractivity contribution in [2.75, 3.05) is 47.1 Å². The molecule has 0 saturated heterocycles. The van der Waals surface area contributed by atoms with Crippen LogP contribution in [0.3, 0.4) is 0 Å². The van der Waals surface area contributed by atoms with Crippen LogP contribution in [0.5, 0.6) is 0 Å². The van der Waals surface area contributed by atoms with Gasteiger partial charge in [0.15, 0.2) is 0 Å². The Morgan fingerprint density at radius 2 is 1.42 bits per heavy atom. The Labute approximate surface area is 204 Å². The molecule has 13 heteroatoms. The Bertz CT molecular complexity index is 1000. The maximum Gasteiger partial charge on any atom is 0.416 e. The Hall–Kier alpha value is -3.06. The van der Waals surface area contributed by atoms with Gasteiger partial charge in [0, 0.05) is 51.8 Å². The van der Waals surface area contributed by atoms with Crippen molar-refractivity contribution in [3.8, 4) is 0 Å². The van der Waals surface area contributed by atoms with E-state index in [1.165, 1.54) is 19.1 Å². The molecule has 0 unspecified atom stereocenters. The summed E-state index contributed by atoms with van der Waals surface area (Å²) in [5, 5.41) is 0. The molecule has 0 N–H and O–H groups in total. The van der Waals surface area contributed by atoms with Gasteiger partial charge in [-0.3, -0.25) is 9.59 Å². The Balaban J connectivity index is 2.38. The molecule has 1 aromatic heterocycles. The van der Waals surface area contributed by atoms with Crippen molar-refractivity contribution in [3.63, 3.8) is 0 Å². The van der Waals surface area contributed by atoms with Crippen LogP contribution in [0.2, 0.25) is 0 Å². The van der Waals surface area contributed by atoms with Crippen molar-refractivity contribution in [1.29, 1.82) is 0 Å². The van der Waals surface area contributed by atoms with Crippen molar-refractivity contribution < 1.29 is 45.4 Å². The number of halogens is 6. The van der Waals surface area contributed by atoms with Gasteiger partial charge in [0.25, 0.3) is 5.91 Å². The summed E-state index contributed by atoms with van der Waals surface area (Å²) < 4.78 is 91.3. The monoisotopic (exact) mass is 523 g/mol. The van der Waals surface area contributed by atoms with E-state index in [1.54, 1.807) is 29.9 Å². The molecule has 2 aromatic rings. The lowest BCUT2D eigenvalue weighted by atomic mass is 10.0. The van der Waals surface area contributed by atoms with Gasteiger partial charge in [-0.05, 0) is 30.3 Å². The molecule has 2 rings (SSSR count). The van der Waals surface area contributed by atoms with Crippen molar-refractivity contribution in [2.24, 2.45) is 7.05 Å². The maximum atomic E-state index is 13.3. The van der Waals surface area contributed by atoms with Crippen LogP contribution in [-0.2, 0) is 40.2 Å². The Morgan fingerprint density at radius 1 is 0.889 bits per heavy atom. The van der Waals surface area contributed by atoms with E-state index in [9.17, 15) is 35.9 Å². The van der Waals surface area contributed by atoms with E-state index in [2.05, 4.69) is 0 Å². The molecule has 7 nitrogen and oxygen atoms in total. The number of aromatic nitrogens is 1. The highest BCUT2D eigenvalue weighted by molar-refractivity contribution is 5.97. The molecule has 200 valence electrons. The molecule has 0 aliphatic rings. The van der Waals surface area contributed by atoms with Gasteiger partial charge in [-0.25, -0.2) is 0 Å². The van der Waals surface area contributed by atoms with E-state index in [0.717, 1.165) is 10.6 Å². The molecular weight excluding hydrogens is 496 g/mol. The van der Waals surface area contributed by atoms with Crippen molar-refractivity contribution in [1.82, 2.24) is 14.4 Å². The number of rotatable bonds is 11. The molecular formula is C23H27F6N3O4. The fourth-order valence-electron chi connectivity index (χ4n) is 3.33. The minimum Gasteiger partial charge on any atom is -0.383 e. The average molecular weight is 523 g/mol. The number of methoxy groups -OCH3 is 2. The summed E-state index contributed by atoms with van der Waals surface area (Å²) in [7, 11) is 4.51. The number of benzene rings is 1. The number of carbonyl (C=O) groups is 2. The van der Waals surface area contributed by atoms with Crippen LogP contribution in [0, 0.1) is 0 Å². The highest BCUT2D eigenvalue weighted by Crippen LogP contribution is 2.36. The lowest BCUT2D eigenvalue weighted by Gasteiger charge is -2.28. The van der Waals surface area contributed by atoms with Gasteiger partial charge >= 0.3 is 12.4 Å². The lowest BCUT2D eigenvalue weighted by molar-refractivity contribution is -0.143. The van der Waals surface area contributed by atoms with Gasteiger partial charge in [-0.2, -0.15) is 26.3 Å². The van der Waals surface area contributed by atoms with Crippen LogP contribution in [0.25, 0.3) is 0 Å². The Kier molecular flexibility index (Phi) is 9.93. The van der Waals surface area contributed by atoms with E-state index in [0.29, 0.717) is 12.1 Å². The third kappa shape index (κ3) is 7.98. The number of alkyl halides is 6. The molecule has 1 heterocycles. The van der Waals surface area contributed by atoms with Gasteiger partial charge in [-0.1, -0.05) is 0 Å². The first-order chi connectivity index (χ1) is 16.8. The van der Waals surface area contributed by atoms with Crippen molar-refractivity contribution >= 4 is 11.8 Å². The number of carbonyl (C=O) groups excluding carboxylic acids is 2. The molecule has 0 bridgehead atoms. The first-order valence-electron chi connectivity index (χ1n) is 10.7. The minimum absolute atomic E-state index is 0.0617. The van der Waals surface area contributed by atoms with Crippen LogP contribution in [0.1, 0.15) is 27.2 Å². The number of amides is 2. The molecule has 0 aliphatic heterocycles. The second kappa shape index (κ2) is 12.3. The highest BCUT2D eigenvalue weighted by Gasteiger charge is 2.38. The molecule has 0 fully saturated rings. The number of hydrogen-bond acceptors (Lipinski definition) is 4. The number of aryl methyl sites for hydroxylation is 1. The summed E-state index contributed by atoms with van der Waals surface area (Å²) in [6.45, 7) is -0.450. The maximum absolute atomic E-state index is 13.3. The van der Waals surface area contributed by atoms with E-state index < -0.39 is 47.4 Å². The number of ether oxygens (including phenoxy) is 2. The summed E-state index contributed by atoms with van der Waals surface area (Å²) in [6, 6.07) is 4.17. The van der Waals surface area contributed by atoms with Crippen LogP contribution < -0.4 is 0 Å². The van der Waals surface area contributed by atoms with Crippen LogP contribution in [0.15, 0.2) is 36.5 Å². The van der Waals surface area contributed by atoms with E-state index in [-0.39, 0.29) is 38.9 Å². The standard InChI is InChI=1S/C23H27F6N3O4/c1-30-6-4-5-19(30)14-31(7-9-35-2)20(33)15-32(8-10-36-3)21(34)16-11-17(22(24,25)26)13-18(12-16)23(27,28)29/h4-6,11-13H,7-10,14-15H2,1-3H3. The highest BCUT2D eigenvalue weighted by atomic mass is 19.4. The smallest absolute Gasteiger partial charge is 0.383 e. The molecule has 1 aromatic carbocycles. The summed E-state index contributed by atoms with van der Waals surface area (Å²) in [5.41, 5.74) is -3.32. The number of hydrogen-bond donors (Lipinski definition) is 0. The summed E-state index contributed by atoms with van der Waals surface area (Å²) in [5.74, 6) is -1.73. The van der Waals surface area contributed by atoms with Gasteiger partial charge in [0.1, 0.15) is 6.54 Å². The summed E-state index contributed by atoms with van der Waals surface area (Å²) >= 11 is 0. The zero-order chi connectivity index (χ0) is 27.1. The normalized spacial score (nSPS) is 12.0. The lowest BCUT2D eigenvalue weighted by Crippen LogP contribution is -2.45. The zero-order valence-corrected chi connectivity index (χ0v) is 19.9.